The first-order chi connectivity index (χ1) is 5.02. The van der Waals surface area contributed by atoms with Crippen LogP contribution in [0.3, 0.4) is 0 Å². The van der Waals surface area contributed by atoms with Gasteiger partial charge in [-0.1, -0.05) is 18.2 Å². The van der Waals surface area contributed by atoms with Gasteiger partial charge < -0.3 is 10.8 Å². The van der Waals surface area contributed by atoms with Crippen molar-refractivity contribution in [3.63, 3.8) is 0 Å². The summed E-state index contributed by atoms with van der Waals surface area (Å²) in [6.45, 7) is 0. The lowest BCUT2D eigenvalue weighted by atomic mass is 10.1. The first-order valence-electron chi connectivity index (χ1n) is 3.17. The Labute approximate surface area is 64.6 Å². The summed E-state index contributed by atoms with van der Waals surface area (Å²) in [5, 5.41) is 9.15. The third kappa shape index (κ3) is 1.68. The lowest BCUT2D eigenvalue weighted by Gasteiger charge is -2.18. The molecule has 0 fully saturated rings. The molecule has 1 aromatic rings. The molecule has 0 amide bonds. The fourth-order valence-electron chi connectivity index (χ4n) is 0.862. The fraction of sp³-hybridized carbons (Fsp3) is 0.143. The van der Waals surface area contributed by atoms with Crippen LogP contribution < -0.4 is 17.2 Å². The van der Waals surface area contributed by atoms with Gasteiger partial charge in [-0.25, -0.2) is 0 Å². The maximum atomic E-state index is 9.15. The van der Waals surface area contributed by atoms with E-state index >= 15 is 0 Å². The van der Waals surface area contributed by atoms with E-state index in [2.05, 4.69) is 0 Å². The highest BCUT2D eigenvalue weighted by atomic mass is 16.3. The first kappa shape index (κ1) is 8.00. The van der Waals surface area contributed by atoms with Gasteiger partial charge in [0.2, 0.25) is 0 Å². The summed E-state index contributed by atoms with van der Waals surface area (Å²) >= 11 is 0. The van der Waals surface area contributed by atoms with Gasteiger partial charge in [0.25, 0.3) is 0 Å². The zero-order chi connectivity index (χ0) is 8.48. The summed E-state index contributed by atoms with van der Waals surface area (Å²) in [5.74, 6) is -1.84. The number of para-hydroxylation sites is 1. The SMILES string of the molecule is Nc1ccccc1C(N)(N)O. The van der Waals surface area contributed by atoms with Crippen molar-refractivity contribution in [3.8, 4) is 0 Å². The lowest BCUT2D eigenvalue weighted by Crippen LogP contribution is -2.46. The van der Waals surface area contributed by atoms with Gasteiger partial charge in [-0.3, -0.25) is 11.5 Å². The largest absolute Gasteiger partial charge is 0.398 e. The minimum absolute atomic E-state index is 0.333. The molecule has 11 heavy (non-hydrogen) atoms. The van der Waals surface area contributed by atoms with Crippen LogP contribution in [0.5, 0.6) is 0 Å². The quantitative estimate of drug-likeness (QED) is 0.316. The number of benzene rings is 1. The van der Waals surface area contributed by atoms with Gasteiger partial charge >= 0.3 is 0 Å². The molecule has 0 aliphatic rings. The van der Waals surface area contributed by atoms with Gasteiger partial charge in [0, 0.05) is 11.3 Å². The highest BCUT2D eigenvalue weighted by Gasteiger charge is 2.18. The number of aliphatic hydroxyl groups is 1. The highest BCUT2D eigenvalue weighted by Crippen LogP contribution is 2.16. The summed E-state index contributed by atoms with van der Waals surface area (Å²) in [7, 11) is 0. The molecule has 0 saturated heterocycles. The number of anilines is 1. The number of rotatable bonds is 1. The Morgan fingerprint density at radius 2 is 1.73 bits per heavy atom. The zero-order valence-electron chi connectivity index (χ0n) is 5.99. The Hall–Kier alpha value is -1.10. The van der Waals surface area contributed by atoms with Crippen molar-refractivity contribution < 1.29 is 5.11 Å². The molecule has 0 heterocycles. The maximum absolute atomic E-state index is 9.15. The molecular formula is C7H11N3O. The number of nitrogen functional groups attached to an aromatic ring is 1. The van der Waals surface area contributed by atoms with Crippen LogP contribution in [0, 0.1) is 0 Å². The van der Waals surface area contributed by atoms with E-state index in [9.17, 15) is 0 Å². The average Bonchev–Trinajstić information content (AvgIpc) is 1.86. The van der Waals surface area contributed by atoms with Crippen LogP contribution in [0.2, 0.25) is 0 Å². The zero-order valence-corrected chi connectivity index (χ0v) is 5.99. The molecule has 0 spiro atoms. The Morgan fingerprint density at radius 3 is 2.09 bits per heavy atom. The van der Waals surface area contributed by atoms with Crippen LogP contribution in [0.4, 0.5) is 5.69 Å². The molecule has 0 aromatic heterocycles. The number of nitrogens with two attached hydrogens (primary N) is 3. The average molecular weight is 153 g/mol. The second kappa shape index (κ2) is 2.50. The molecule has 0 unspecified atom stereocenters. The van der Waals surface area contributed by atoms with Crippen molar-refractivity contribution >= 4 is 5.69 Å². The van der Waals surface area contributed by atoms with Gasteiger partial charge in [0.1, 0.15) is 0 Å². The van der Waals surface area contributed by atoms with Gasteiger partial charge in [-0.15, -0.1) is 0 Å². The first-order valence-corrected chi connectivity index (χ1v) is 3.17. The molecule has 4 heteroatoms. The van der Waals surface area contributed by atoms with Crippen molar-refractivity contribution in [3.05, 3.63) is 29.8 Å². The summed E-state index contributed by atoms with van der Waals surface area (Å²) in [5.41, 5.74) is 16.6. The van der Waals surface area contributed by atoms with E-state index < -0.39 is 5.85 Å². The Morgan fingerprint density at radius 1 is 1.18 bits per heavy atom. The van der Waals surface area contributed by atoms with E-state index in [1.165, 1.54) is 0 Å². The summed E-state index contributed by atoms with van der Waals surface area (Å²) in [4.78, 5) is 0. The highest BCUT2D eigenvalue weighted by molar-refractivity contribution is 5.48. The molecular weight excluding hydrogens is 142 g/mol. The number of hydrogen-bond donors (Lipinski definition) is 4. The van der Waals surface area contributed by atoms with Crippen LogP contribution in [0.25, 0.3) is 0 Å². The van der Waals surface area contributed by atoms with Crippen LogP contribution >= 0.6 is 0 Å². The molecule has 60 valence electrons. The van der Waals surface area contributed by atoms with E-state index in [0.29, 0.717) is 11.3 Å². The van der Waals surface area contributed by atoms with Crippen molar-refractivity contribution in [2.45, 2.75) is 5.85 Å². The van der Waals surface area contributed by atoms with Crippen molar-refractivity contribution in [1.82, 2.24) is 0 Å². The smallest absolute Gasteiger partial charge is 0.196 e. The third-order valence-corrected chi connectivity index (χ3v) is 1.39. The summed E-state index contributed by atoms with van der Waals surface area (Å²) in [6, 6.07) is 6.65. The van der Waals surface area contributed by atoms with Crippen molar-refractivity contribution in [1.29, 1.82) is 0 Å². The fourth-order valence-corrected chi connectivity index (χ4v) is 0.862. The molecule has 4 nitrogen and oxygen atoms in total. The summed E-state index contributed by atoms with van der Waals surface area (Å²) < 4.78 is 0. The second-order valence-corrected chi connectivity index (χ2v) is 2.41. The molecule has 1 rings (SSSR count). The molecule has 0 aliphatic carbocycles. The monoisotopic (exact) mass is 153 g/mol. The molecule has 1 aromatic carbocycles. The predicted molar refractivity (Wildman–Crippen MR) is 43.1 cm³/mol. The van der Waals surface area contributed by atoms with Crippen molar-refractivity contribution in [2.24, 2.45) is 11.5 Å². The van der Waals surface area contributed by atoms with E-state index in [0.717, 1.165) is 0 Å². The molecule has 0 radical (unpaired) electrons. The van der Waals surface area contributed by atoms with E-state index in [-0.39, 0.29) is 0 Å². The van der Waals surface area contributed by atoms with Gasteiger partial charge in [0.15, 0.2) is 5.85 Å². The second-order valence-electron chi connectivity index (χ2n) is 2.41. The van der Waals surface area contributed by atoms with E-state index in [1.54, 1.807) is 24.3 Å². The predicted octanol–water partition coefficient (Wildman–Crippen LogP) is -0.711. The molecule has 0 saturated carbocycles. The molecule has 0 bridgehead atoms. The van der Waals surface area contributed by atoms with Crippen LogP contribution in [-0.2, 0) is 5.85 Å². The Bertz CT molecular complexity index is 254. The maximum Gasteiger partial charge on any atom is 0.196 e. The topological polar surface area (TPSA) is 98.3 Å². The van der Waals surface area contributed by atoms with Gasteiger partial charge in [-0.2, -0.15) is 0 Å². The Balaban J connectivity index is 3.14. The van der Waals surface area contributed by atoms with Gasteiger partial charge in [-0.05, 0) is 6.07 Å². The molecule has 0 atom stereocenters. The van der Waals surface area contributed by atoms with Crippen LogP contribution in [0.15, 0.2) is 24.3 Å². The summed E-state index contributed by atoms with van der Waals surface area (Å²) in [6.07, 6.45) is 0. The minimum Gasteiger partial charge on any atom is -0.398 e. The molecule has 7 N–H and O–H groups in total. The Kier molecular flexibility index (Phi) is 1.82. The lowest BCUT2D eigenvalue weighted by molar-refractivity contribution is 0.0517. The normalized spacial score (nSPS) is 11.5. The minimum atomic E-state index is -1.84. The van der Waals surface area contributed by atoms with Gasteiger partial charge in [0.05, 0.1) is 0 Å². The van der Waals surface area contributed by atoms with E-state index in [1.807, 2.05) is 0 Å². The molecule has 0 aliphatic heterocycles. The van der Waals surface area contributed by atoms with E-state index in [4.69, 9.17) is 22.3 Å². The van der Waals surface area contributed by atoms with Crippen molar-refractivity contribution in [2.75, 3.05) is 5.73 Å². The number of hydrogen-bond acceptors (Lipinski definition) is 4. The standard InChI is InChI=1S/C7H11N3O/c8-6-4-2-1-3-5(6)7(9,10)11/h1-4,11H,8-10H2. The third-order valence-electron chi connectivity index (χ3n) is 1.39. The van der Waals surface area contributed by atoms with Crippen LogP contribution in [0.1, 0.15) is 5.56 Å². The van der Waals surface area contributed by atoms with Crippen LogP contribution in [-0.4, -0.2) is 5.11 Å².